The molecular formula is C18H23F2NO6. The Kier molecular flexibility index (Phi) is 6.69. The second-order valence-corrected chi connectivity index (χ2v) is 6.82. The first-order valence-corrected chi connectivity index (χ1v) is 8.63. The number of carbonyl (C=O) groups excluding carboxylic acids is 1. The van der Waals surface area contributed by atoms with Gasteiger partial charge in [0.25, 0.3) is 12.1 Å². The Hall–Kier alpha value is -2.29. The molecule has 1 aliphatic heterocycles. The average Bonchev–Trinajstić information content (AvgIpc) is 2.60. The van der Waals surface area contributed by atoms with E-state index in [0.29, 0.717) is 0 Å². The van der Waals surface area contributed by atoms with E-state index in [2.05, 4.69) is 0 Å². The number of alkyl halides is 2. The van der Waals surface area contributed by atoms with Gasteiger partial charge >= 0.3 is 5.97 Å². The number of hydrogen-bond donors (Lipinski definition) is 0. The Morgan fingerprint density at radius 1 is 1.26 bits per heavy atom. The predicted molar refractivity (Wildman–Crippen MR) is 91.5 cm³/mol. The van der Waals surface area contributed by atoms with Gasteiger partial charge in [-0.05, 0) is 17.9 Å². The summed E-state index contributed by atoms with van der Waals surface area (Å²) >= 11 is 0. The number of halogens is 2. The number of nitro groups is 1. The van der Waals surface area contributed by atoms with E-state index in [4.69, 9.17) is 14.2 Å². The number of non-ortho nitro benzene ring substituents is 1. The standard InChI is InChI=1S/C18H23F2NO6/c1-9-10(2)16(8-25-12(4)22)27-18(11(9)3)26-15-6-5-13(21(23)24)7-14(15)17(19)20/h5-7,9-11,16-18H,8H2,1-4H3/t9-,10+,11?,16?,18+/m0/s1. The van der Waals surface area contributed by atoms with Crippen molar-refractivity contribution in [3.05, 3.63) is 33.9 Å². The lowest BCUT2D eigenvalue weighted by Gasteiger charge is -2.43. The smallest absolute Gasteiger partial charge is 0.302 e. The van der Waals surface area contributed by atoms with Crippen molar-refractivity contribution in [2.75, 3.05) is 6.61 Å². The molecule has 5 atom stereocenters. The summed E-state index contributed by atoms with van der Waals surface area (Å²) in [7, 11) is 0. The third-order valence-electron chi connectivity index (χ3n) is 5.12. The molecule has 1 aliphatic rings. The number of nitrogens with zero attached hydrogens (tertiary/aromatic N) is 1. The van der Waals surface area contributed by atoms with Crippen LogP contribution in [0.3, 0.4) is 0 Å². The summed E-state index contributed by atoms with van der Waals surface area (Å²) in [6.45, 7) is 7.15. The molecule has 1 saturated heterocycles. The molecule has 0 saturated carbocycles. The minimum Gasteiger partial charge on any atom is -0.464 e. The van der Waals surface area contributed by atoms with Crippen LogP contribution in [-0.4, -0.2) is 29.9 Å². The van der Waals surface area contributed by atoms with Gasteiger partial charge in [-0.25, -0.2) is 8.78 Å². The first-order chi connectivity index (χ1) is 12.6. The van der Waals surface area contributed by atoms with E-state index in [0.717, 1.165) is 18.2 Å². The van der Waals surface area contributed by atoms with Crippen LogP contribution in [0.15, 0.2) is 18.2 Å². The third-order valence-corrected chi connectivity index (χ3v) is 5.12. The van der Waals surface area contributed by atoms with Crippen LogP contribution in [0, 0.1) is 27.9 Å². The van der Waals surface area contributed by atoms with Gasteiger partial charge in [-0.2, -0.15) is 0 Å². The number of rotatable bonds is 6. The summed E-state index contributed by atoms with van der Waals surface area (Å²) in [5.41, 5.74) is -1.01. The second kappa shape index (κ2) is 8.60. The lowest BCUT2D eigenvalue weighted by Crippen LogP contribution is -2.49. The van der Waals surface area contributed by atoms with Gasteiger partial charge < -0.3 is 14.2 Å². The monoisotopic (exact) mass is 387 g/mol. The predicted octanol–water partition coefficient (Wildman–Crippen LogP) is 4.11. The highest BCUT2D eigenvalue weighted by molar-refractivity contribution is 5.65. The van der Waals surface area contributed by atoms with Crippen molar-refractivity contribution in [3.8, 4) is 5.75 Å². The highest BCUT2D eigenvalue weighted by Crippen LogP contribution is 2.39. The molecule has 0 aliphatic carbocycles. The molecule has 9 heteroatoms. The fourth-order valence-corrected chi connectivity index (χ4v) is 3.06. The number of ether oxygens (including phenoxy) is 3. The zero-order valence-electron chi connectivity index (χ0n) is 15.6. The largest absolute Gasteiger partial charge is 0.464 e. The Labute approximate surface area is 155 Å². The van der Waals surface area contributed by atoms with Gasteiger partial charge in [-0.3, -0.25) is 14.9 Å². The van der Waals surface area contributed by atoms with E-state index in [-0.39, 0.29) is 30.1 Å². The maximum atomic E-state index is 13.3. The van der Waals surface area contributed by atoms with Crippen molar-refractivity contribution in [2.24, 2.45) is 17.8 Å². The van der Waals surface area contributed by atoms with E-state index in [9.17, 15) is 23.7 Å². The molecule has 0 aromatic heterocycles. The molecule has 0 N–H and O–H groups in total. The summed E-state index contributed by atoms with van der Waals surface area (Å²) in [6, 6.07) is 3.06. The maximum absolute atomic E-state index is 13.3. The van der Waals surface area contributed by atoms with Gasteiger partial charge in [0, 0.05) is 25.0 Å². The number of benzene rings is 1. The fraction of sp³-hybridized carbons (Fsp3) is 0.611. The normalized spacial score (nSPS) is 28.0. The molecule has 150 valence electrons. The van der Waals surface area contributed by atoms with Crippen LogP contribution in [0.5, 0.6) is 5.75 Å². The van der Waals surface area contributed by atoms with Crippen LogP contribution in [0.25, 0.3) is 0 Å². The summed E-state index contributed by atoms with van der Waals surface area (Å²) in [5.74, 6) is -0.567. The van der Waals surface area contributed by atoms with E-state index < -0.39 is 41.0 Å². The molecule has 1 heterocycles. The van der Waals surface area contributed by atoms with Crippen molar-refractivity contribution in [1.29, 1.82) is 0 Å². The van der Waals surface area contributed by atoms with Crippen LogP contribution < -0.4 is 4.74 Å². The quantitative estimate of drug-likeness (QED) is 0.415. The summed E-state index contributed by atoms with van der Waals surface area (Å²) in [4.78, 5) is 21.2. The van der Waals surface area contributed by atoms with E-state index in [1.165, 1.54) is 6.92 Å². The molecule has 0 spiro atoms. The molecular weight excluding hydrogens is 364 g/mol. The Morgan fingerprint density at radius 3 is 2.48 bits per heavy atom. The van der Waals surface area contributed by atoms with Crippen molar-refractivity contribution in [1.82, 2.24) is 0 Å². The van der Waals surface area contributed by atoms with Crippen LogP contribution in [0.1, 0.15) is 39.7 Å². The van der Waals surface area contributed by atoms with Crippen LogP contribution in [0.2, 0.25) is 0 Å². The zero-order valence-corrected chi connectivity index (χ0v) is 15.6. The van der Waals surface area contributed by atoms with E-state index in [1.54, 1.807) is 0 Å². The lowest BCUT2D eigenvalue weighted by atomic mass is 9.79. The first-order valence-electron chi connectivity index (χ1n) is 8.63. The summed E-state index contributed by atoms with van der Waals surface area (Å²) in [6.07, 6.45) is -4.24. The molecule has 27 heavy (non-hydrogen) atoms. The molecule has 0 radical (unpaired) electrons. The lowest BCUT2D eigenvalue weighted by molar-refractivity contribution is -0.385. The first kappa shape index (κ1) is 21.0. The minimum atomic E-state index is -2.94. The van der Waals surface area contributed by atoms with Crippen molar-refractivity contribution < 1.29 is 32.7 Å². The maximum Gasteiger partial charge on any atom is 0.302 e. The van der Waals surface area contributed by atoms with Crippen LogP contribution in [-0.2, 0) is 14.3 Å². The zero-order chi connectivity index (χ0) is 20.3. The van der Waals surface area contributed by atoms with Crippen molar-refractivity contribution in [3.63, 3.8) is 0 Å². The number of carbonyl (C=O) groups is 1. The molecule has 2 unspecified atom stereocenters. The van der Waals surface area contributed by atoms with Gasteiger partial charge in [0.05, 0.1) is 16.6 Å². The van der Waals surface area contributed by atoms with E-state index >= 15 is 0 Å². The van der Waals surface area contributed by atoms with Crippen LogP contribution in [0.4, 0.5) is 14.5 Å². The molecule has 0 bridgehead atoms. The van der Waals surface area contributed by atoms with Gasteiger partial charge in [-0.1, -0.05) is 20.8 Å². The molecule has 2 rings (SSSR count). The highest BCUT2D eigenvalue weighted by Gasteiger charge is 2.41. The van der Waals surface area contributed by atoms with Gasteiger partial charge in [-0.15, -0.1) is 0 Å². The Bertz CT molecular complexity index is 698. The topological polar surface area (TPSA) is 87.9 Å². The minimum absolute atomic E-state index is 0.0371. The highest BCUT2D eigenvalue weighted by atomic mass is 19.3. The Balaban J connectivity index is 2.23. The third kappa shape index (κ3) is 4.91. The molecule has 0 amide bonds. The number of hydrogen-bond acceptors (Lipinski definition) is 6. The van der Waals surface area contributed by atoms with Gasteiger partial charge in [0.2, 0.25) is 6.29 Å². The van der Waals surface area contributed by atoms with Crippen LogP contribution >= 0.6 is 0 Å². The number of nitro benzene ring substituents is 1. The molecule has 1 aromatic rings. The van der Waals surface area contributed by atoms with Crippen molar-refractivity contribution >= 4 is 11.7 Å². The van der Waals surface area contributed by atoms with Crippen molar-refractivity contribution in [2.45, 2.75) is 46.5 Å². The second-order valence-electron chi connectivity index (χ2n) is 6.82. The van der Waals surface area contributed by atoms with Gasteiger partial charge in [0.1, 0.15) is 12.4 Å². The fourth-order valence-electron chi connectivity index (χ4n) is 3.06. The average molecular weight is 387 g/mol. The SMILES string of the molecule is CC(=O)OCC1O[C@@H](Oc2ccc([N+](=O)[O-])cc2C(F)F)C(C)[C@@H](C)[C@H]1C. The summed E-state index contributed by atoms with van der Waals surface area (Å²) < 4.78 is 43.3. The van der Waals surface area contributed by atoms with Gasteiger partial charge in [0.15, 0.2) is 0 Å². The number of esters is 1. The molecule has 1 aromatic carbocycles. The van der Waals surface area contributed by atoms with E-state index in [1.807, 2.05) is 20.8 Å². The Morgan fingerprint density at radius 2 is 1.93 bits per heavy atom. The molecule has 1 fully saturated rings. The summed E-state index contributed by atoms with van der Waals surface area (Å²) in [5, 5.41) is 10.8. The molecule has 7 nitrogen and oxygen atoms in total.